The van der Waals surface area contributed by atoms with Gasteiger partial charge >= 0.3 is 6.09 Å². The van der Waals surface area contributed by atoms with E-state index in [0.29, 0.717) is 5.02 Å². The van der Waals surface area contributed by atoms with Crippen molar-refractivity contribution in [1.82, 2.24) is 5.32 Å². The molecule has 0 heterocycles. The summed E-state index contributed by atoms with van der Waals surface area (Å²) in [5, 5.41) is 11.9. The molecule has 1 aliphatic rings. The smallest absolute Gasteiger partial charge is 0.405 e. The van der Waals surface area contributed by atoms with Crippen molar-refractivity contribution < 1.29 is 9.90 Å². The highest BCUT2D eigenvalue weighted by Crippen LogP contribution is 2.48. The molecule has 2 N–H and O–H groups in total. The summed E-state index contributed by atoms with van der Waals surface area (Å²) in [5.74, 6) is 0. The molecule has 0 saturated heterocycles. The summed E-state index contributed by atoms with van der Waals surface area (Å²) in [6.45, 7) is 0. The maximum atomic E-state index is 10.7. The molecule has 0 bridgehead atoms. The average molecular weight is 291 g/mol. The summed E-state index contributed by atoms with van der Waals surface area (Å²) in [6, 6.07) is 5.40. The molecule has 15 heavy (non-hydrogen) atoms. The minimum absolute atomic E-state index is 0.407. The van der Waals surface area contributed by atoms with Gasteiger partial charge < -0.3 is 10.4 Å². The van der Waals surface area contributed by atoms with Gasteiger partial charge in [-0.05, 0) is 30.5 Å². The summed E-state index contributed by atoms with van der Waals surface area (Å²) in [5.41, 5.74) is 0.546. The summed E-state index contributed by atoms with van der Waals surface area (Å²) in [6.07, 6.45) is 0.674. The zero-order chi connectivity index (χ0) is 11.1. The second-order valence-corrected chi connectivity index (χ2v) is 4.93. The predicted molar refractivity (Wildman–Crippen MR) is 61.2 cm³/mol. The molecule has 0 aliphatic heterocycles. The van der Waals surface area contributed by atoms with Crippen LogP contribution in [0.5, 0.6) is 0 Å². The van der Waals surface area contributed by atoms with Crippen LogP contribution in [0.4, 0.5) is 4.79 Å². The van der Waals surface area contributed by atoms with Crippen molar-refractivity contribution in [3.05, 3.63) is 33.3 Å². The van der Waals surface area contributed by atoms with Crippen molar-refractivity contribution in [2.24, 2.45) is 0 Å². The Balaban J connectivity index is 2.33. The number of rotatable bonds is 2. The predicted octanol–water partition coefficient (Wildman–Crippen LogP) is 3.36. The number of nitrogens with one attached hydrogen (secondary N) is 1. The van der Waals surface area contributed by atoms with Gasteiger partial charge in [0.1, 0.15) is 0 Å². The molecule has 2 rings (SSSR count). The number of carbonyl (C=O) groups is 1. The summed E-state index contributed by atoms with van der Waals surface area (Å²) in [7, 11) is 0. The van der Waals surface area contributed by atoms with E-state index in [9.17, 15) is 4.79 Å². The SMILES string of the molecule is O=C(O)NC1(c2ccc(Cl)cc2Br)CC1. The fourth-order valence-electron chi connectivity index (χ4n) is 1.67. The molecule has 0 unspecified atom stereocenters. The maximum Gasteiger partial charge on any atom is 0.405 e. The number of carboxylic acid groups (broad SMARTS) is 1. The van der Waals surface area contributed by atoms with Gasteiger partial charge in [0.2, 0.25) is 0 Å². The van der Waals surface area contributed by atoms with Crippen LogP contribution in [-0.2, 0) is 5.54 Å². The Morgan fingerprint density at radius 2 is 2.20 bits per heavy atom. The molecule has 80 valence electrons. The summed E-state index contributed by atoms with van der Waals surface area (Å²) >= 11 is 9.22. The first kappa shape index (κ1) is 10.8. The van der Waals surface area contributed by atoms with Crippen molar-refractivity contribution in [1.29, 1.82) is 0 Å². The van der Waals surface area contributed by atoms with Crippen LogP contribution in [0, 0.1) is 0 Å². The monoisotopic (exact) mass is 289 g/mol. The topological polar surface area (TPSA) is 49.3 Å². The number of benzene rings is 1. The lowest BCUT2D eigenvalue weighted by Crippen LogP contribution is -2.33. The Morgan fingerprint density at radius 1 is 1.53 bits per heavy atom. The van der Waals surface area contributed by atoms with Crippen LogP contribution < -0.4 is 5.32 Å². The highest BCUT2D eigenvalue weighted by molar-refractivity contribution is 9.10. The highest BCUT2D eigenvalue weighted by Gasteiger charge is 2.46. The lowest BCUT2D eigenvalue weighted by atomic mass is 10.1. The number of halogens is 2. The van der Waals surface area contributed by atoms with Gasteiger partial charge in [-0.2, -0.15) is 0 Å². The minimum atomic E-state index is -0.991. The molecule has 0 aromatic heterocycles. The largest absolute Gasteiger partial charge is 0.465 e. The molecule has 1 amide bonds. The molecule has 1 aromatic rings. The standard InChI is InChI=1S/C10H9BrClNO2/c11-8-5-6(12)1-2-7(8)10(3-4-10)13-9(14)15/h1-2,5,13H,3-4H2,(H,14,15). The van der Waals surface area contributed by atoms with Gasteiger partial charge in [-0.25, -0.2) is 4.79 Å². The van der Waals surface area contributed by atoms with Gasteiger partial charge in [0.15, 0.2) is 0 Å². The normalized spacial score (nSPS) is 17.2. The average Bonchev–Trinajstić information content (AvgIpc) is 2.83. The highest BCUT2D eigenvalue weighted by atomic mass is 79.9. The van der Waals surface area contributed by atoms with Crippen LogP contribution >= 0.6 is 27.5 Å². The van der Waals surface area contributed by atoms with E-state index in [1.54, 1.807) is 12.1 Å². The van der Waals surface area contributed by atoms with E-state index in [-0.39, 0.29) is 0 Å². The zero-order valence-corrected chi connectivity index (χ0v) is 10.1. The Hall–Kier alpha value is -0.740. The van der Waals surface area contributed by atoms with Crippen molar-refractivity contribution in [2.45, 2.75) is 18.4 Å². The molecule has 1 saturated carbocycles. The van der Waals surface area contributed by atoms with Crippen LogP contribution in [0.25, 0.3) is 0 Å². The van der Waals surface area contributed by atoms with Crippen LogP contribution in [0.15, 0.2) is 22.7 Å². The molecule has 1 aliphatic carbocycles. The van der Waals surface area contributed by atoms with E-state index in [1.807, 2.05) is 6.07 Å². The Bertz CT molecular complexity index is 418. The summed E-state index contributed by atoms with van der Waals surface area (Å²) in [4.78, 5) is 10.7. The van der Waals surface area contributed by atoms with Gasteiger partial charge in [0.25, 0.3) is 0 Å². The molecule has 0 spiro atoms. The van der Waals surface area contributed by atoms with Crippen LogP contribution in [0.2, 0.25) is 5.02 Å². The Kier molecular flexibility index (Phi) is 2.64. The van der Waals surface area contributed by atoms with Crippen molar-refractivity contribution in [3.8, 4) is 0 Å². The van der Waals surface area contributed by atoms with Gasteiger partial charge in [0.05, 0.1) is 5.54 Å². The Morgan fingerprint density at radius 3 is 2.67 bits per heavy atom. The van der Waals surface area contributed by atoms with E-state index in [0.717, 1.165) is 22.9 Å². The molecule has 0 atom stereocenters. The Labute approximate surface area is 101 Å². The second-order valence-electron chi connectivity index (χ2n) is 3.64. The first-order chi connectivity index (χ1) is 7.03. The van der Waals surface area contributed by atoms with Crippen molar-refractivity contribution in [3.63, 3.8) is 0 Å². The van der Waals surface area contributed by atoms with Crippen LogP contribution in [0.3, 0.4) is 0 Å². The molecule has 0 radical (unpaired) electrons. The molecule has 5 heteroatoms. The molecule has 1 aromatic carbocycles. The van der Waals surface area contributed by atoms with E-state index >= 15 is 0 Å². The quantitative estimate of drug-likeness (QED) is 0.877. The van der Waals surface area contributed by atoms with Crippen LogP contribution in [0.1, 0.15) is 18.4 Å². The lowest BCUT2D eigenvalue weighted by Gasteiger charge is -2.17. The van der Waals surface area contributed by atoms with Gasteiger partial charge in [-0.1, -0.05) is 33.6 Å². The molecular weight excluding hydrogens is 281 g/mol. The van der Waals surface area contributed by atoms with Gasteiger partial charge in [0, 0.05) is 9.50 Å². The molecular formula is C10H9BrClNO2. The van der Waals surface area contributed by atoms with Crippen molar-refractivity contribution in [2.75, 3.05) is 0 Å². The van der Waals surface area contributed by atoms with Gasteiger partial charge in [-0.3, -0.25) is 0 Å². The van der Waals surface area contributed by atoms with Crippen molar-refractivity contribution >= 4 is 33.6 Å². The van der Waals surface area contributed by atoms with E-state index in [1.165, 1.54) is 0 Å². The van der Waals surface area contributed by atoms with Gasteiger partial charge in [-0.15, -0.1) is 0 Å². The lowest BCUT2D eigenvalue weighted by molar-refractivity contribution is 0.188. The summed E-state index contributed by atoms with van der Waals surface area (Å²) < 4.78 is 0.848. The third-order valence-corrected chi connectivity index (χ3v) is 3.43. The third kappa shape index (κ3) is 2.11. The third-order valence-electron chi connectivity index (χ3n) is 2.54. The fourth-order valence-corrected chi connectivity index (χ4v) is 2.73. The number of hydrogen-bond donors (Lipinski definition) is 2. The van der Waals surface area contributed by atoms with E-state index < -0.39 is 11.6 Å². The minimum Gasteiger partial charge on any atom is -0.465 e. The van der Waals surface area contributed by atoms with E-state index in [4.69, 9.17) is 16.7 Å². The fraction of sp³-hybridized carbons (Fsp3) is 0.300. The number of amides is 1. The first-order valence-electron chi connectivity index (χ1n) is 4.50. The van der Waals surface area contributed by atoms with Crippen LogP contribution in [-0.4, -0.2) is 11.2 Å². The first-order valence-corrected chi connectivity index (χ1v) is 5.67. The molecule has 1 fully saturated rings. The maximum absolute atomic E-state index is 10.7. The zero-order valence-electron chi connectivity index (χ0n) is 7.76. The molecule has 3 nitrogen and oxygen atoms in total. The number of hydrogen-bond acceptors (Lipinski definition) is 1. The second kappa shape index (κ2) is 3.68. The van der Waals surface area contributed by atoms with E-state index in [2.05, 4.69) is 21.2 Å².